The topological polar surface area (TPSA) is 135 Å². The van der Waals surface area contributed by atoms with Crippen molar-refractivity contribution >= 4 is 21.5 Å². The Kier molecular flexibility index (Phi) is 4.93. The average Bonchev–Trinajstić information content (AvgIpc) is 2.44. The van der Waals surface area contributed by atoms with Gasteiger partial charge in [0, 0.05) is 18.1 Å². The first-order chi connectivity index (χ1) is 9.96. The molecule has 0 aliphatic carbocycles. The molecule has 1 aromatic rings. The van der Waals surface area contributed by atoms with Crippen molar-refractivity contribution in [2.24, 2.45) is 11.8 Å². The molecule has 0 saturated heterocycles. The highest BCUT2D eigenvalue weighted by Crippen LogP contribution is 2.35. The van der Waals surface area contributed by atoms with Gasteiger partial charge in [-0.05, 0) is 18.1 Å². The van der Waals surface area contributed by atoms with E-state index in [4.69, 9.17) is 0 Å². The van der Waals surface area contributed by atoms with Gasteiger partial charge in [-0.2, -0.15) is 0 Å². The van der Waals surface area contributed by atoms with Gasteiger partial charge in [-0.1, -0.05) is 20.8 Å². The Balaban J connectivity index is 3.47. The van der Waals surface area contributed by atoms with Crippen molar-refractivity contribution < 1.29 is 28.3 Å². The molecule has 9 heteroatoms. The predicted molar refractivity (Wildman–Crippen MR) is 76.9 cm³/mol. The van der Waals surface area contributed by atoms with Gasteiger partial charge in [-0.3, -0.25) is 10.1 Å². The molecule has 122 valence electrons. The van der Waals surface area contributed by atoms with Crippen LogP contribution < -0.4 is 0 Å². The predicted octanol–water partition coefficient (Wildman–Crippen LogP) is 1.43. The number of nitrogens with zero attached hydrogens (tertiary/aromatic N) is 1. The number of rotatable bonds is 6. The molecule has 0 amide bonds. The van der Waals surface area contributed by atoms with Crippen molar-refractivity contribution in [1.82, 2.24) is 0 Å². The van der Waals surface area contributed by atoms with E-state index in [1.165, 1.54) is 6.92 Å². The number of carboxylic acid groups (broad SMARTS) is 1. The number of nitro groups is 1. The van der Waals surface area contributed by atoms with Crippen LogP contribution in [0.2, 0.25) is 0 Å². The minimum absolute atomic E-state index is 0.338. The summed E-state index contributed by atoms with van der Waals surface area (Å²) in [6, 6.07) is 3.70. The maximum atomic E-state index is 12.5. The van der Waals surface area contributed by atoms with Gasteiger partial charge in [0.05, 0.1) is 9.82 Å². The Morgan fingerprint density at radius 2 is 1.68 bits per heavy atom. The van der Waals surface area contributed by atoms with Gasteiger partial charge in [0.25, 0.3) is 10.6 Å². The molecule has 1 rings (SSSR count). The second-order valence-electron chi connectivity index (χ2n) is 5.29. The molecule has 0 saturated carbocycles. The summed E-state index contributed by atoms with van der Waals surface area (Å²) in [4.78, 5) is 17.8. The molecule has 22 heavy (non-hydrogen) atoms. The highest BCUT2D eigenvalue weighted by atomic mass is 32.2. The Morgan fingerprint density at radius 1 is 1.23 bits per heavy atom. The lowest BCUT2D eigenvalue weighted by Crippen LogP contribution is -2.53. The second kappa shape index (κ2) is 6.01. The van der Waals surface area contributed by atoms with Crippen molar-refractivity contribution in [1.29, 1.82) is 0 Å². The number of non-ortho nitro benzene ring substituents is 1. The molecule has 0 heterocycles. The summed E-state index contributed by atoms with van der Waals surface area (Å²) in [5.41, 5.74) is -0.338. The zero-order valence-corrected chi connectivity index (χ0v) is 13.1. The molecule has 0 aliphatic rings. The van der Waals surface area contributed by atoms with Crippen LogP contribution in [0.1, 0.15) is 20.8 Å². The van der Waals surface area contributed by atoms with E-state index < -0.39 is 42.4 Å². The lowest BCUT2D eigenvalue weighted by atomic mass is 9.92. The largest absolute Gasteiger partial charge is 0.478 e. The summed E-state index contributed by atoms with van der Waals surface area (Å²) < 4.78 is 25.0. The molecule has 0 radical (unpaired) electrons. The summed E-state index contributed by atoms with van der Waals surface area (Å²) in [6.45, 7) is 4.50. The molecule has 0 fully saturated rings. The number of carbonyl (C=O) groups is 1. The van der Waals surface area contributed by atoms with Gasteiger partial charge in [-0.15, -0.1) is 0 Å². The fourth-order valence-corrected chi connectivity index (χ4v) is 3.78. The monoisotopic (exact) mass is 331 g/mol. The number of sulfone groups is 1. The van der Waals surface area contributed by atoms with Crippen LogP contribution in [-0.4, -0.2) is 34.5 Å². The van der Waals surface area contributed by atoms with Crippen molar-refractivity contribution in [3.63, 3.8) is 0 Å². The van der Waals surface area contributed by atoms with E-state index in [9.17, 15) is 33.5 Å². The van der Waals surface area contributed by atoms with E-state index in [0.29, 0.717) is 0 Å². The van der Waals surface area contributed by atoms with E-state index in [1.54, 1.807) is 13.8 Å². The molecule has 0 spiro atoms. The molecular weight excluding hydrogens is 314 g/mol. The number of aliphatic carboxylic acids is 1. The zero-order valence-electron chi connectivity index (χ0n) is 12.3. The Bertz CT molecular complexity index is 681. The van der Waals surface area contributed by atoms with Crippen LogP contribution in [0.5, 0.6) is 0 Å². The summed E-state index contributed by atoms with van der Waals surface area (Å²) in [5.74, 6) is -3.40. The fraction of sp³-hybridized carbons (Fsp3) is 0.462. The minimum Gasteiger partial charge on any atom is -0.478 e. The molecule has 1 unspecified atom stereocenters. The van der Waals surface area contributed by atoms with Gasteiger partial charge < -0.3 is 10.2 Å². The number of benzene rings is 1. The summed E-state index contributed by atoms with van der Waals surface area (Å²) in [5, 5.41) is 30.2. The van der Waals surface area contributed by atoms with Crippen LogP contribution in [0.3, 0.4) is 0 Å². The number of aliphatic hydroxyl groups is 1. The third kappa shape index (κ3) is 2.81. The van der Waals surface area contributed by atoms with Gasteiger partial charge in [0.1, 0.15) is 0 Å². The molecule has 8 nitrogen and oxygen atoms in total. The van der Waals surface area contributed by atoms with Crippen LogP contribution in [0.4, 0.5) is 5.69 Å². The molecule has 1 aromatic carbocycles. The van der Waals surface area contributed by atoms with Crippen molar-refractivity contribution in [3.05, 3.63) is 34.4 Å². The molecule has 0 aliphatic heterocycles. The molecule has 0 aromatic heterocycles. The second-order valence-corrected chi connectivity index (χ2v) is 7.39. The van der Waals surface area contributed by atoms with E-state index in [2.05, 4.69) is 0 Å². The molecule has 2 N–H and O–H groups in total. The van der Waals surface area contributed by atoms with Gasteiger partial charge in [-0.25, -0.2) is 13.2 Å². The van der Waals surface area contributed by atoms with Crippen LogP contribution in [-0.2, 0) is 14.6 Å². The quantitative estimate of drug-likeness (QED) is 0.594. The van der Waals surface area contributed by atoms with Gasteiger partial charge >= 0.3 is 5.97 Å². The zero-order chi connectivity index (χ0) is 17.3. The first-order valence-electron chi connectivity index (χ1n) is 6.41. The van der Waals surface area contributed by atoms with Crippen LogP contribution in [0, 0.1) is 22.0 Å². The number of carboxylic acids is 1. The maximum absolute atomic E-state index is 12.5. The van der Waals surface area contributed by atoms with E-state index >= 15 is 0 Å². The third-order valence-electron chi connectivity index (χ3n) is 3.69. The van der Waals surface area contributed by atoms with Gasteiger partial charge in [0.15, 0.2) is 0 Å². The maximum Gasteiger partial charge on any atom is 0.352 e. The summed E-state index contributed by atoms with van der Waals surface area (Å²) in [6.07, 6.45) is 0. The molecule has 0 bridgehead atoms. The lowest BCUT2D eigenvalue weighted by Gasteiger charge is -2.31. The van der Waals surface area contributed by atoms with Crippen molar-refractivity contribution in [3.8, 4) is 0 Å². The van der Waals surface area contributed by atoms with Crippen LogP contribution in [0.25, 0.3) is 0 Å². The minimum atomic E-state index is -4.65. The van der Waals surface area contributed by atoms with E-state index in [-0.39, 0.29) is 5.69 Å². The van der Waals surface area contributed by atoms with E-state index in [1.807, 2.05) is 0 Å². The number of hydrogen-bond acceptors (Lipinski definition) is 6. The summed E-state index contributed by atoms with van der Waals surface area (Å²) in [7, 11) is -4.65. The Morgan fingerprint density at radius 3 is 2.00 bits per heavy atom. The van der Waals surface area contributed by atoms with Gasteiger partial charge in [0.2, 0.25) is 9.84 Å². The molecule has 2 atom stereocenters. The fourth-order valence-electron chi connectivity index (χ4n) is 1.93. The Hall–Kier alpha value is -2.00. The first kappa shape index (κ1) is 18.1. The number of hydrogen-bond donors (Lipinski definition) is 2. The summed E-state index contributed by atoms with van der Waals surface area (Å²) >= 11 is 0. The Labute approximate surface area is 127 Å². The highest BCUT2D eigenvalue weighted by Gasteiger charge is 2.55. The average molecular weight is 331 g/mol. The van der Waals surface area contributed by atoms with Crippen LogP contribution >= 0.6 is 0 Å². The van der Waals surface area contributed by atoms with E-state index in [0.717, 1.165) is 24.3 Å². The highest BCUT2D eigenvalue weighted by molar-refractivity contribution is 7.93. The standard InChI is InChI=1S/C13H17NO7S/c1-8(2)9(3)13(17,12(15)16)22(20,21)11-6-4-10(5-7-11)14(18)19/h4-9,17H,1-3H3,(H,15,16)/t9?,13-/m0/s1. The third-order valence-corrected chi connectivity index (χ3v) is 5.95. The normalized spacial score (nSPS) is 16.0. The lowest BCUT2D eigenvalue weighted by molar-refractivity contribution is -0.384. The first-order valence-corrected chi connectivity index (χ1v) is 7.89. The molecular formula is C13H17NO7S. The number of nitro benzene ring substituents is 1. The van der Waals surface area contributed by atoms with Crippen molar-refractivity contribution in [2.45, 2.75) is 30.6 Å². The SMILES string of the molecule is CC(C)C(C)[C@@](O)(C(=O)O)S(=O)(=O)c1ccc([N+](=O)[O-])cc1. The smallest absolute Gasteiger partial charge is 0.352 e. The van der Waals surface area contributed by atoms with Crippen molar-refractivity contribution in [2.75, 3.05) is 0 Å². The van der Waals surface area contributed by atoms with Crippen LogP contribution in [0.15, 0.2) is 29.2 Å².